The normalized spacial score (nSPS) is 15.2. The number of nitrogens with zero attached hydrogens (tertiary/aromatic N) is 2. The van der Waals surface area contributed by atoms with Gasteiger partial charge in [0.2, 0.25) is 0 Å². The standard InChI is InChI=1S/C17H11FN2O4S2/c1-25-17-19-16(21)15(26-17)8-10-2-5-12(6-3-10)24-14-7-4-11(20(22)23)9-13(14)18/h2-9H,1H3/b15-8+. The summed E-state index contributed by atoms with van der Waals surface area (Å²) in [5, 5.41) is 10.6. The monoisotopic (exact) mass is 390 g/mol. The van der Waals surface area contributed by atoms with Crippen molar-refractivity contribution in [2.45, 2.75) is 0 Å². The molecule has 0 N–H and O–H groups in total. The molecule has 0 saturated heterocycles. The summed E-state index contributed by atoms with van der Waals surface area (Å²) in [4.78, 5) is 26.2. The van der Waals surface area contributed by atoms with Crippen LogP contribution in [0.15, 0.2) is 52.4 Å². The quantitative estimate of drug-likeness (QED) is 0.421. The smallest absolute Gasteiger partial charge is 0.285 e. The van der Waals surface area contributed by atoms with Crippen molar-refractivity contribution >= 4 is 45.6 Å². The third-order valence-corrected chi connectivity index (χ3v) is 5.28. The highest BCUT2D eigenvalue weighted by molar-refractivity contribution is 8.40. The molecule has 1 aliphatic rings. The van der Waals surface area contributed by atoms with Gasteiger partial charge in [0.1, 0.15) is 10.1 Å². The molecule has 0 unspecified atom stereocenters. The minimum absolute atomic E-state index is 0.110. The molecule has 3 rings (SSSR count). The van der Waals surface area contributed by atoms with E-state index in [9.17, 15) is 19.3 Å². The summed E-state index contributed by atoms with van der Waals surface area (Å²) in [5.41, 5.74) is 0.428. The molecule has 9 heteroatoms. The number of benzene rings is 2. The zero-order valence-electron chi connectivity index (χ0n) is 13.3. The Morgan fingerprint density at radius 1 is 1.27 bits per heavy atom. The fraction of sp³-hybridized carbons (Fsp3) is 0.0588. The Kier molecular flexibility index (Phi) is 5.38. The van der Waals surface area contributed by atoms with Crippen LogP contribution < -0.4 is 4.74 Å². The van der Waals surface area contributed by atoms with Crippen molar-refractivity contribution in [1.29, 1.82) is 0 Å². The van der Waals surface area contributed by atoms with E-state index in [1.54, 1.807) is 30.3 Å². The minimum atomic E-state index is -0.819. The molecule has 0 fully saturated rings. The van der Waals surface area contributed by atoms with Crippen LogP contribution in [0.4, 0.5) is 10.1 Å². The second-order valence-electron chi connectivity index (χ2n) is 5.04. The van der Waals surface area contributed by atoms with Gasteiger partial charge in [0.25, 0.3) is 11.6 Å². The number of non-ortho nitro benzene ring substituents is 1. The molecular weight excluding hydrogens is 379 g/mol. The van der Waals surface area contributed by atoms with Gasteiger partial charge in [-0.05, 0) is 36.1 Å². The van der Waals surface area contributed by atoms with Gasteiger partial charge < -0.3 is 4.74 Å². The highest BCUT2D eigenvalue weighted by Crippen LogP contribution is 2.33. The first kappa shape index (κ1) is 18.2. The summed E-state index contributed by atoms with van der Waals surface area (Å²) in [6.45, 7) is 0. The summed E-state index contributed by atoms with van der Waals surface area (Å²) in [5.74, 6) is -0.833. The zero-order chi connectivity index (χ0) is 18.7. The Morgan fingerprint density at radius 2 is 2.00 bits per heavy atom. The van der Waals surface area contributed by atoms with E-state index in [4.69, 9.17) is 4.74 Å². The number of carbonyl (C=O) groups excluding carboxylic acids is 1. The average molecular weight is 390 g/mol. The van der Waals surface area contributed by atoms with Crippen molar-refractivity contribution in [3.05, 3.63) is 68.9 Å². The Hall–Kier alpha value is -2.65. The van der Waals surface area contributed by atoms with Crippen LogP contribution in [-0.2, 0) is 4.79 Å². The number of amides is 1. The lowest BCUT2D eigenvalue weighted by atomic mass is 10.2. The summed E-state index contributed by atoms with van der Waals surface area (Å²) in [7, 11) is 0. The number of halogens is 1. The van der Waals surface area contributed by atoms with Gasteiger partial charge in [0.05, 0.1) is 15.9 Å². The number of thioether (sulfide) groups is 2. The molecular formula is C17H11FN2O4S2. The van der Waals surface area contributed by atoms with E-state index in [2.05, 4.69) is 4.99 Å². The van der Waals surface area contributed by atoms with E-state index >= 15 is 0 Å². The molecule has 0 spiro atoms. The zero-order valence-corrected chi connectivity index (χ0v) is 15.0. The van der Waals surface area contributed by atoms with Gasteiger partial charge in [-0.3, -0.25) is 14.9 Å². The number of nitro groups is 1. The average Bonchev–Trinajstić information content (AvgIpc) is 2.98. The second-order valence-corrected chi connectivity index (χ2v) is 7.12. The van der Waals surface area contributed by atoms with Crippen molar-refractivity contribution in [1.82, 2.24) is 0 Å². The molecule has 0 bridgehead atoms. The summed E-state index contributed by atoms with van der Waals surface area (Å²) in [6.07, 6.45) is 3.57. The first-order chi connectivity index (χ1) is 12.5. The van der Waals surface area contributed by atoms with Crippen molar-refractivity contribution in [3.63, 3.8) is 0 Å². The molecule has 6 nitrogen and oxygen atoms in total. The number of rotatable bonds is 4. The Labute approximate surface area is 156 Å². The second kappa shape index (κ2) is 7.71. The first-order valence-electron chi connectivity index (χ1n) is 7.24. The lowest BCUT2D eigenvalue weighted by Gasteiger charge is -2.07. The highest BCUT2D eigenvalue weighted by atomic mass is 32.2. The van der Waals surface area contributed by atoms with Crippen LogP contribution in [0.1, 0.15) is 5.56 Å². The molecule has 0 radical (unpaired) electrons. The molecule has 2 aromatic carbocycles. The van der Waals surface area contributed by atoms with Crippen LogP contribution in [0, 0.1) is 15.9 Å². The highest BCUT2D eigenvalue weighted by Gasteiger charge is 2.20. The SMILES string of the molecule is CSC1=NC(=O)/C(=C\c2ccc(Oc3ccc([N+](=O)[O-])cc3F)cc2)S1. The number of ether oxygens (including phenoxy) is 1. The van der Waals surface area contributed by atoms with Crippen molar-refractivity contribution < 1.29 is 18.8 Å². The number of hydrogen-bond donors (Lipinski definition) is 0. The van der Waals surface area contributed by atoms with Crippen LogP contribution in [0.3, 0.4) is 0 Å². The largest absolute Gasteiger partial charge is 0.454 e. The van der Waals surface area contributed by atoms with Crippen molar-refractivity contribution in [2.75, 3.05) is 6.26 Å². The maximum absolute atomic E-state index is 13.9. The Balaban J connectivity index is 1.73. The minimum Gasteiger partial charge on any atom is -0.454 e. The predicted octanol–water partition coefficient (Wildman–Crippen LogP) is 4.86. The van der Waals surface area contributed by atoms with Crippen LogP contribution in [0.25, 0.3) is 6.08 Å². The predicted molar refractivity (Wildman–Crippen MR) is 101 cm³/mol. The third kappa shape index (κ3) is 4.12. The number of carbonyl (C=O) groups is 1. The van der Waals surface area contributed by atoms with E-state index in [1.165, 1.54) is 35.7 Å². The van der Waals surface area contributed by atoms with Crippen LogP contribution in [-0.4, -0.2) is 21.5 Å². The van der Waals surface area contributed by atoms with Crippen LogP contribution in [0.5, 0.6) is 11.5 Å². The van der Waals surface area contributed by atoms with Crippen LogP contribution in [0.2, 0.25) is 0 Å². The van der Waals surface area contributed by atoms with Crippen molar-refractivity contribution in [3.8, 4) is 11.5 Å². The lowest BCUT2D eigenvalue weighted by molar-refractivity contribution is -0.385. The van der Waals surface area contributed by atoms with E-state index in [-0.39, 0.29) is 17.3 Å². The van der Waals surface area contributed by atoms with E-state index in [1.807, 2.05) is 6.26 Å². The summed E-state index contributed by atoms with van der Waals surface area (Å²) >= 11 is 2.73. The van der Waals surface area contributed by atoms with Gasteiger partial charge in [-0.25, -0.2) is 4.39 Å². The third-order valence-electron chi connectivity index (χ3n) is 3.31. The first-order valence-corrected chi connectivity index (χ1v) is 9.29. The van der Waals surface area contributed by atoms with Gasteiger partial charge in [-0.15, -0.1) is 11.8 Å². The Bertz CT molecular complexity index is 942. The number of nitro benzene ring substituents is 1. The number of hydrogen-bond acceptors (Lipinski definition) is 6. The Morgan fingerprint density at radius 3 is 2.58 bits per heavy atom. The molecule has 132 valence electrons. The fourth-order valence-electron chi connectivity index (χ4n) is 2.07. The maximum Gasteiger partial charge on any atom is 0.285 e. The van der Waals surface area contributed by atoms with Crippen molar-refractivity contribution in [2.24, 2.45) is 4.99 Å². The van der Waals surface area contributed by atoms with E-state index < -0.39 is 10.7 Å². The fourth-order valence-corrected chi connectivity index (χ4v) is 3.50. The van der Waals surface area contributed by atoms with Gasteiger partial charge in [-0.2, -0.15) is 4.99 Å². The molecule has 26 heavy (non-hydrogen) atoms. The molecule has 1 aliphatic heterocycles. The van der Waals surface area contributed by atoms with E-state index in [0.717, 1.165) is 11.6 Å². The molecule has 0 atom stereocenters. The molecule has 1 heterocycles. The number of aliphatic imine (C=N–C) groups is 1. The molecule has 1 amide bonds. The molecule has 0 aliphatic carbocycles. The van der Waals surface area contributed by atoms with Gasteiger partial charge >= 0.3 is 0 Å². The van der Waals surface area contributed by atoms with E-state index in [0.29, 0.717) is 15.0 Å². The topological polar surface area (TPSA) is 81.8 Å². The molecule has 0 aromatic heterocycles. The van der Waals surface area contributed by atoms with Gasteiger partial charge in [0.15, 0.2) is 11.6 Å². The van der Waals surface area contributed by atoms with Gasteiger partial charge in [-0.1, -0.05) is 23.9 Å². The molecule has 0 saturated carbocycles. The lowest BCUT2D eigenvalue weighted by Crippen LogP contribution is -1.92. The maximum atomic E-state index is 13.9. The van der Waals surface area contributed by atoms with Gasteiger partial charge in [0, 0.05) is 6.07 Å². The summed E-state index contributed by atoms with van der Waals surface area (Å²) in [6, 6.07) is 9.86. The van der Waals surface area contributed by atoms with Crippen LogP contribution >= 0.6 is 23.5 Å². The summed E-state index contributed by atoms with van der Waals surface area (Å²) < 4.78 is 20.0. The molecule has 2 aromatic rings.